The molecule has 0 bridgehead atoms. The summed E-state index contributed by atoms with van der Waals surface area (Å²) in [7, 11) is 1.69. The molecule has 2 heterocycles. The topological polar surface area (TPSA) is 52.4 Å². The Labute approximate surface area is 272 Å². The number of carbonyl (C=O) groups excluding carboxylic acids is 2. The highest BCUT2D eigenvalue weighted by Crippen LogP contribution is 2.51. The normalized spacial score (nSPS) is 17.5. The van der Waals surface area contributed by atoms with Gasteiger partial charge in [0.25, 0.3) is 0 Å². The standard InChI is InChI=1S/C41H43N3O2/c1-28(45)24-26-43-33-22-20-29-14-10-12-16-31(29)38(33)40(2,3)35(43)18-8-7-9-19-36-41(4,5)39-32-17-13-11-15-30(32)21-23-34(39)44(36)27-25-37(46)42-6/h7-23H,24-27H2,1-6H3/p+1. The van der Waals surface area contributed by atoms with Gasteiger partial charge in [-0.05, 0) is 66.1 Å². The summed E-state index contributed by atoms with van der Waals surface area (Å²) < 4.78 is 2.31. The highest BCUT2D eigenvalue weighted by atomic mass is 16.1. The van der Waals surface area contributed by atoms with Crippen molar-refractivity contribution in [1.82, 2.24) is 5.32 Å². The first-order chi connectivity index (χ1) is 22.1. The maximum Gasteiger partial charge on any atom is 0.226 e. The van der Waals surface area contributed by atoms with Crippen molar-refractivity contribution in [1.29, 1.82) is 0 Å². The van der Waals surface area contributed by atoms with Gasteiger partial charge in [0.2, 0.25) is 11.6 Å². The number of hydrogen-bond donors (Lipinski definition) is 1. The van der Waals surface area contributed by atoms with E-state index in [-0.39, 0.29) is 22.5 Å². The van der Waals surface area contributed by atoms with Crippen LogP contribution in [0.5, 0.6) is 0 Å². The van der Waals surface area contributed by atoms with E-state index in [1.54, 1.807) is 14.0 Å². The molecule has 0 spiro atoms. The summed E-state index contributed by atoms with van der Waals surface area (Å²) in [4.78, 5) is 26.7. The Balaban J connectivity index is 1.36. The van der Waals surface area contributed by atoms with Crippen LogP contribution in [-0.4, -0.2) is 42.1 Å². The first-order valence-corrected chi connectivity index (χ1v) is 16.3. The van der Waals surface area contributed by atoms with Gasteiger partial charge in [-0.2, -0.15) is 4.58 Å². The fourth-order valence-corrected chi connectivity index (χ4v) is 7.52. The Morgan fingerprint density at radius 2 is 1.43 bits per heavy atom. The van der Waals surface area contributed by atoms with Crippen molar-refractivity contribution >= 4 is 50.3 Å². The minimum atomic E-state index is -0.249. The summed E-state index contributed by atoms with van der Waals surface area (Å²) in [5.74, 6) is 0.222. The van der Waals surface area contributed by atoms with E-state index in [0.29, 0.717) is 25.9 Å². The first kappa shape index (κ1) is 31.2. The molecule has 5 heteroatoms. The minimum Gasteiger partial charge on any atom is -0.359 e. The summed E-state index contributed by atoms with van der Waals surface area (Å²) in [5, 5.41) is 7.73. The Kier molecular flexibility index (Phi) is 8.28. The van der Waals surface area contributed by atoms with Crippen LogP contribution in [0.25, 0.3) is 21.5 Å². The number of nitrogens with zero attached hydrogens (tertiary/aromatic N) is 2. The largest absolute Gasteiger partial charge is 0.359 e. The van der Waals surface area contributed by atoms with Gasteiger partial charge < -0.3 is 10.2 Å². The number of Topliss-reactive ketones (excluding diaryl/α,β-unsaturated/α-hetero) is 1. The molecule has 0 saturated carbocycles. The van der Waals surface area contributed by atoms with E-state index in [0.717, 1.165) is 5.69 Å². The predicted octanol–water partition coefficient (Wildman–Crippen LogP) is 8.28. The van der Waals surface area contributed by atoms with Crippen molar-refractivity contribution in [2.24, 2.45) is 0 Å². The number of carbonyl (C=O) groups is 2. The lowest BCUT2D eigenvalue weighted by molar-refractivity contribution is -0.436. The average Bonchev–Trinajstić information content (AvgIpc) is 3.40. The van der Waals surface area contributed by atoms with E-state index in [1.807, 2.05) is 0 Å². The van der Waals surface area contributed by atoms with Crippen LogP contribution in [0.15, 0.2) is 109 Å². The van der Waals surface area contributed by atoms with Crippen LogP contribution in [0, 0.1) is 0 Å². The quantitative estimate of drug-likeness (QED) is 0.153. The van der Waals surface area contributed by atoms with Crippen LogP contribution in [0.1, 0.15) is 58.6 Å². The second-order valence-electron chi connectivity index (χ2n) is 13.5. The molecule has 0 radical (unpaired) electrons. The van der Waals surface area contributed by atoms with E-state index in [2.05, 4.69) is 146 Å². The molecular weight excluding hydrogens is 566 g/mol. The Hall–Kier alpha value is -4.77. The van der Waals surface area contributed by atoms with Gasteiger partial charge in [0.15, 0.2) is 12.3 Å². The molecule has 0 atom stereocenters. The van der Waals surface area contributed by atoms with E-state index >= 15 is 0 Å². The molecule has 2 aliphatic heterocycles. The molecule has 0 saturated heterocycles. The third kappa shape index (κ3) is 5.38. The summed E-state index contributed by atoms with van der Waals surface area (Å²) in [6.07, 6.45) is 11.6. The number of ketones is 1. The molecule has 0 fully saturated rings. The van der Waals surface area contributed by atoms with Gasteiger partial charge in [-0.1, -0.05) is 86.7 Å². The third-order valence-electron chi connectivity index (χ3n) is 9.77. The van der Waals surface area contributed by atoms with Gasteiger partial charge in [-0.25, -0.2) is 0 Å². The minimum absolute atomic E-state index is 0.0316. The maximum atomic E-state index is 12.3. The maximum absolute atomic E-state index is 12.3. The molecule has 0 aliphatic carbocycles. The van der Waals surface area contributed by atoms with Gasteiger partial charge in [0.05, 0.1) is 11.8 Å². The zero-order valence-electron chi connectivity index (χ0n) is 27.9. The monoisotopic (exact) mass is 610 g/mol. The smallest absolute Gasteiger partial charge is 0.226 e. The number of rotatable bonds is 9. The third-order valence-corrected chi connectivity index (χ3v) is 9.77. The molecule has 1 N–H and O–H groups in total. The second-order valence-corrected chi connectivity index (χ2v) is 13.5. The summed E-state index contributed by atoms with van der Waals surface area (Å²) in [6, 6.07) is 25.9. The van der Waals surface area contributed by atoms with E-state index in [1.165, 1.54) is 49.8 Å². The van der Waals surface area contributed by atoms with E-state index < -0.39 is 0 Å². The van der Waals surface area contributed by atoms with Gasteiger partial charge in [-0.15, -0.1) is 0 Å². The SMILES string of the molecule is CNC(=O)CC[N+]1=C(/C=C/C=C/C=C2/N(CCC(C)=O)c3ccc4ccccc4c3C2(C)C)C(C)(C)c2c1ccc1ccccc21. The Morgan fingerprint density at radius 1 is 0.783 bits per heavy atom. The number of benzene rings is 4. The molecule has 6 rings (SSSR count). The number of nitrogens with one attached hydrogen (secondary N) is 1. The fourth-order valence-electron chi connectivity index (χ4n) is 7.52. The number of fused-ring (bicyclic) bond motifs is 6. The predicted molar refractivity (Wildman–Crippen MR) is 191 cm³/mol. The van der Waals surface area contributed by atoms with Gasteiger partial charge in [0, 0.05) is 54.5 Å². The van der Waals surface area contributed by atoms with Crippen LogP contribution in [-0.2, 0) is 20.4 Å². The molecule has 2 aliphatic rings. The summed E-state index contributed by atoms with van der Waals surface area (Å²) in [6.45, 7) is 12.0. The van der Waals surface area contributed by atoms with Crippen molar-refractivity contribution in [2.45, 2.75) is 58.3 Å². The number of allylic oxidation sites excluding steroid dienone is 6. The molecular formula is C41H44N3O2+. The highest BCUT2D eigenvalue weighted by Gasteiger charge is 2.45. The van der Waals surface area contributed by atoms with Crippen LogP contribution in [0.3, 0.4) is 0 Å². The van der Waals surface area contributed by atoms with E-state index in [9.17, 15) is 9.59 Å². The van der Waals surface area contributed by atoms with Crippen LogP contribution in [0.2, 0.25) is 0 Å². The molecule has 0 unspecified atom stereocenters. The average molecular weight is 611 g/mol. The van der Waals surface area contributed by atoms with Crippen LogP contribution < -0.4 is 10.2 Å². The zero-order chi connectivity index (χ0) is 32.6. The highest BCUT2D eigenvalue weighted by molar-refractivity contribution is 6.07. The van der Waals surface area contributed by atoms with Crippen molar-refractivity contribution in [3.8, 4) is 0 Å². The fraction of sp³-hybridized carbons (Fsp3) is 0.293. The second kappa shape index (κ2) is 12.2. The molecule has 234 valence electrons. The number of anilines is 1. The molecule has 4 aromatic rings. The van der Waals surface area contributed by atoms with E-state index in [4.69, 9.17) is 0 Å². The van der Waals surface area contributed by atoms with Crippen molar-refractivity contribution < 1.29 is 14.2 Å². The van der Waals surface area contributed by atoms with Crippen LogP contribution in [0.4, 0.5) is 11.4 Å². The van der Waals surface area contributed by atoms with Crippen LogP contribution >= 0.6 is 0 Å². The lowest BCUT2D eigenvalue weighted by Crippen LogP contribution is -2.29. The lowest BCUT2D eigenvalue weighted by atomic mass is 9.79. The molecule has 4 aromatic carbocycles. The molecule has 46 heavy (non-hydrogen) atoms. The van der Waals surface area contributed by atoms with Crippen molar-refractivity contribution in [3.63, 3.8) is 0 Å². The molecule has 0 aromatic heterocycles. The first-order valence-electron chi connectivity index (χ1n) is 16.3. The lowest BCUT2D eigenvalue weighted by Gasteiger charge is -2.26. The Morgan fingerprint density at radius 3 is 2.11 bits per heavy atom. The van der Waals surface area contributed by atoms with Gasteiger partial charge in [0.1, 0.15) is 5.78 Å². The molecule has 5 nitrogen and oxygen atoms in total. The zero-order valence-corrected chi connectivity index (χ0v) is 27.9. The molecule has 1 amide bonds. The number of amides is 1. The summed E-state index contributed by atoms with van der Waals surface area (Å²) in [5.41, 5.74) is 6.82. The van der Waals surface area contributed by atoms with Crippen molar-refractivity contribution in [2.75, 3.05) is 25.0 Å². The van der Waals surface area contributed by atoms with Gasteiger partial charge >= 0.3 is 0 Å². The summed E-state index contributed by atoms with van der Waals surface area (Å²) >= 11 is 0. The van der Waals surface area contributed by atoms with Crippen molar-refractivity contribution in [3.05, 3.63) is 120 Å². The Bertz CT molecular complexity index is 1990. The number of hydrogen-bond acceptors (Lipinski definition) is 3. The van der Waals surface area contributed by atoms with Gasteiger partial charge in [-0.3, -0.25) is 9.59 Å².